The zero-order valence-corrected chi connectivity index (χ0v) is 14.0. The van der Waals surface area contributed by atoms with Crippen LogP contribution in [0.5, 0.6) is 0 Å². The Hall–Kier alpha value is -0.866. The van der Waals surface area contributed by atoms with E-state index in [1.54, 1.807) is 4.82 Å². The summed E-state index contributed by atoms with van der Waals surface area (Å²) < 4.78 is 0. The quantitative estimate of drug-likeness (QED) is 0.630. The summed E-state index contributed by atoms with van der Waals surface area (Å²) in [6.45, 7) is 14.5. The average molecular weight is 273 g/mol. The molecular weight excluding hydrogens is 248 g/mol. The molecular formula is C16H24Si2. The van der Waals surface area contributed by atoms with Crippen LogP contribution in [-0.4, -0.2) is 16.1 Å². The topological polar surface area (TPSA) is 0 Å². The molecule has 96 valence electrons. The zero-order chi connectivity index (χ0) is 13.4. The fourth-order valence-corrected chi connectivity index (χ4v) is 13.9. The molecule has 18 heavy (non-hydrogen) atoms. The third-order valence-electron chi connectivity index (χ3n) is 4.72. The van der Waals surface area contributed by atoms with Crippen LogP contribution in [0, 0.1) is 0 Å². The fraction of sp³-hybridized carbons (Fsp3) is 0.375. The Bertz CT molecular complexity index is 395. The summed E-state index contributed by atoms with van der Waals surface area (Å²) in [7, 11) is -2.90. The molecule has 0 saturated carbocycles. The van der Waals surface area contributed by atoms with Crippen LogP contribution in [0.1, 0.15) is 0 Å². The van der Waals surface area contributed by atoms with Crippen molar-refractivity contribution < 1.29 is 0 Å². The average Bonchev–Trinajstić information content (AvgIpc) is 3.00. The van der Waals surface area contributed by atoms with Crippen molar-refractivity contribution in [3.63, 3.8) is 0 Å². The van der Waals surface area contributed by atoms with E-state index in [4.69, 9.17) is 0 Å². The third kappa shape index (κ3) is 2.19. The van der Waals surface area contributed by atoms with Gasteiger partial charge in [-0.3, -0.25) is 0 Å². The summed E-state index contributed by atoms with van der Waals surface area (Å²) in [6, 6.07) is 0. The highest BCUT2D eigenvalue weighted by Gasteiger charge is 2.43. The molecule has 0 atom stereocenters. The lowest BCUT2D eigenvalue weighted by molar-refractivity contribution is 1.26. The van der Waals surface area contributed by atoms with E-state index >= 15 is 0 Å². The molecule has 2 aliphatic rings. The van der Waals surface area contributed by atoms with Crippen LogP contribution in [0.2, 0.25) is 37.3 Å². The molecule has 0 bridgehead atoms. The van der Waals surface area contributed by atoms with Gasteiger partial charge in [0.2, 0.25) is 0 Å². The molecule has 0 nitrogen and oxygen atoms in total. The summed E-state index contributed by atoms with van der Waals surface area (Å²) in [5.41, 5.74) is 1.29. The minimum atomic E-state index is -1.45. The van der Waals surface area contributed by atoms with Gasteiger partial charge in [0.15, 0.2) is 0 Å². The van der Waals surface area contributed by atoms with E-state index in [0.29, 0.717) is 11.1 Å². The number of rotatable bonds is 4. The Morgan fingerprint density at radius 2 is 1.00 bits per heavy atom. The Kier molecular flexibility index (Phi) is 3.52. The van der Waals surface area contributed by atoms with E-state index in [0.717, 1.165) is 0 Å². The second kappa shape index (κ2) is 4.67. The van der Waals surface area contributed by atoms with Crippen LogP contribution >= 0.6 is 0 Å². The molecule has 0 spiro atoms. The van der Waals surface area contributed by atoms with Gasteiger partial charge in [0.1, 0.15) is 0 Å². The first-order valence-corrected chi connectivity index (χ1v) is 12.9. The molecule has 2 rings (SSSR count). The minimum Gasteiger partial charge on any atom is -0.107 e. The monoisotopic (exact) mass is 272 g/mol. The van der Waals surface area contributed by atoms with Gasteiger partial charge in [-0.1, -0.05) is 79.6 Å². The molecule has 2 heteroatoms. The van der Waals surface area contributed by atoms with Gasteiger partial charge in [0.25, 0.3) is 0 Å². The number of hydrogen-bond donors (Lipinski definition) is 0. The van der Waals surface area contributed by atoms with Gasteiger partial charge in [0, 0.05) is 0 Å². The lowest BCUT2D eigenvalue weighted by Gasteiger charge is -2.40. The highest BCUT2D eigenvalue weighted by molar-refractivity contribution is 7.07. The van der Waals surface area contributed by atoms with Gasteiger partial charge in [-0.05, 0) is 11.1 Å². The van der Waals surface area contributed by atoms with E-state index in [2.05, 4.69) is 81.4 Å². The first-order valence-electron chi connectivity index (χ1n) is 6.76. The Balaban J connectivity index is 2.24. The molecule has 0 fully saturated rings. The third-order valence-corrected chi connectivity index (χ3v) is 15.8. The maximum absolute atomic E-state index is 4.58. The van der Waals surface area contributed by atoms with Crippen molar-refractivity contribution in [2.24, 2.45) is 0 Å². The molecule has 0 unspecified atom stereocenters. The van der Waals surface area contributed by atoms with Gasteiger partial charge < -0.3 is 0 Å². The molecule has 0 aromatic carbocycles. The summed E-state index contributed by atoms with van der Waals surface area (Å²) in [6.07, 6.45) is 18.2. The van der Waals surface area contributed by atoms with E-state index in [9.17, 15) is 0 Å². The summed E-state index contributed by atoms with van der Waals surface area (Å²) in [4.78, 5) is 1.61. The maximum atomic E-state index is 4.58. The van der Waals surface area contributed by atoms with Crippen molar-refractivity contribution in [3.05, 3.63) is 60.0 Å². The van der Waals surface area contributed by atoms with Gasteiger partial charge in [-0.2, -0.15) is 0 Å². The Morgan fingerprint density at radius 3 is 1.28 bits per heavy atom. The second-order valence-electron chi connectivity index (χ2n) is 6.51. The highest BCUT2D eigenvalue weighted by atomic mass is 28.4. The van der Waals surface area contributed by atoms with Crippen LogP contribution in [0.3, 0.4) is 0 Å². The Labute approximate surface area is 114 Å². The number of allylic oxidation sites excluding steroid dienone is 8. The predicted molar refractivity (Wildman–Crippen MR) is 88.2 cm³/mol. The van der Waals surface area contributed by atoms with Crippen molar-refractivity contribution in [2.45, 2.75) is 37.3 Å². The van der Waals surface area contributed by atoms with E-state index in [1.807, 2.05) is 0 Å². The maximum Gasteiger partial charge on any atom is 0.0812 e. The predicted octanol–water partition coefficient (Wildman–Crippen LogP) is 5.03. The highest BCUT2D eigenvalue weighted by Crippen LogP contribution is 2.42. The van der Waals surface area contributed by atoms with Crippen molar-refractivity contribution in [1.29, 1.82) is 0 Å². The SMILES string of the molecule is C=C([Si](C)(C)C1C=CC=C1)[Si](C)(C)C1C=CC=C1. The molecule has 0 radical (unpaired) electrons. The van der Waals surface area contributed by atoms with Crippen molar-refractivity contribution >= 4 is 16.1 Å². The van der Waals surface area contributed by atoms with E-state index in [-0.39, 0.29) is 0 Å². The van der Waals surface area contributed by atoms with E-state index in [1.165, 1.54) is 0 Å². The van der Waals surface area contributed by atoms with Crippen LogP contribution in [-0.2, 0) is 0 Å². The zero-order valence-electron chi connectivity index (χ0n) is 12.0. The van der Waals surface area contributed by atoms with Crippen LogP contribution < -0.4 is 0 Å². The van der Waals surface area contributed by atoms with Crippen molar-refractivity contribution in [3.8, 4) is 0 Å². The smallest absolute Gasteiger partial charge is 0.0812 e. The number of hydrogen-bond acceptors (Lipinski definition) is 0. The van der Waals surface area contributed by atoms with Gasteiger partial charge in [-0.25, -0.2) is 0 Å². The molecule has 0 aromatic rings. The van der Waals surface area contributed by atoms with E-state index < -0.39 is 16.1 Å². The van der Waals surface area contributed by atoms with Crippen LogP contribution in [0.15, 0.2) is 60.0 Å². The molecule has 0 amide bonds. The first kappa shape index (κ1) is 13.6. The molecule has 0 aliphatic heterocycles. The lowest BCUT2D eigenvalue weighted by Crippen LogP contribution is -2.47. The van der Waals surface area contributed by atoms with Gasteiger partial charge in [-0.15, -0.1) is 6.58 Å². The van der Waals surface area contributed by atoms with Crippen LogP contribution in [0.4, 0.5) is 0 Å². The minimum absolute atomic E-state index is 0.645. The molecule has 0 heterocycles. The molecule has 0 aromatic heterocycles. The van der Waals surface area contributed by atoms with Crippen LogP contribution in [0.25, 0.3) is 0 Å². The lowest BCUT2D eigenvalue weighted by atomic mass is 10.5. The summed E-state index contributed by atoms with van der Waals surface area (Å²) in [5.74, 6) is 0. The largest absolute Gasteiger partial charge is 0.107 e. The summed E-state index contributed by atoms with van der Waals surface area (Å²) >= 11 is 0. The van der Waals surface area contributed by atoms with Crippen molar-refractivity contribution in [1.82, 2.24) is 0 Å². The van der Waals surface area contributed by atoms with Crippen molar-refractivity contribution in [2.75, 3.05) is 0 Å². The second-order valence-corrected chi connectivity index (χ2v) is 16.4. The first-order chi connectivity index (χ1) is 8.37. The van der Waals surface area contributed by atoms with Gasteiger partial charge >= 0.3 is 0 Å². The molecule has 0 N–H and O–H groups in total. The Morgan fingerprint density at radius 1 is 0.722 bits per heavy atom. The molecule has 2 aliphatic carbocycles. The molecule has 0 saturated heterocycles. The summed E-state index contributed by atoms with van der Waals surface area (Å²) in [5, 5.41) is 0. The normalized spacial score (nSPS) is 20.2. The standard InChI is InChI=1S/C16H24Si2/c1-14(17(2,3)15-10-6-7-11-15)18(4,5)16-12-8-9-13-16/h6-13,15-16H,1H2,2-5H3. The van der Waals surface area contributed by atoms with Gasteiger partial charge in [0.05, 0.1) is 16.1 Å². The fourth-order valence-electron chi connectivity index (χ4n) is 3.06.